The summed E-state index contributed by atoms with van der Waals surface area (Å²) in [6, 6.07) is 0.440. The maximum atomic E-state index is 6.06. The molecule has 1 atom stereocenters. The number of aromatic nitrogens is 2. The summed E-state index contributed by atoms with van der Waals surface area (Å²) < 4.78 is 2.21. The molecule has 84 valence electrons. The van der Waals surface area contributed by atoms with E-state index in [1.165, 1.54) is 25.1 Å². The van der Waals surface area contributed by atoms with Gasteiger partial charge in [0.15, 0.2) is 0 Å². The summed E-state index contributed by atoms with van der Waals surface area (Å²) in [5, 5.41) is 0. The van der Waals surface area contributed by atoms with Gasteiger partial charge in [-0.15, -0.1) is 0 Å². The fourth-order valence-electron chi connectivity index (χ4n) is 2.11. The molecule has 1 fully saturated rings. The van der Waals surface area contributed by atoms with Crippen molar-refractivity contribution in [2.45, 2.75) is 51.6 Å². The minimum Gasteiger partial charge on any atom is -0.335 e. The number of aryl methyl sites for hydroxylation is 2. The Morgan fingerprint density at radius 1 is 1.60 bits per heavy atom. The Bertz CT molecular complexity index is 302. The van der Waals surface area contributed by atoms with E-state index < -0.39 is 0 Å². The van der Waals surface area contributed by atoms with Gasteiger partial charge < -0.3 is 10.3 Å². The number of nitrogens with two attached hydrogens (primary N) is 1. The van der Waals surface area contributed by atoms with Crippen LogP contribution in [0.1, 0.15) is 38.4 Å². The van der Waals surface area contributed by atoms with Crippen LogP contribution in [0.4, 0.5) is 0 Å². The summed E-state index contributed by atoms with van der Waals surface area (Å²) >= 11 is 0. The van der Waals surface area contributed by atoms with Crippen LogP contribution in [0.25, 0.3) is 0 Å². The lowest BCUT2D eigenvalue weighted by Gasteiger charge is -2.09. The lowest BCUT2D eigenvalue weighted by molar-refractivity contribution is 0.519. The molecule has 0 saturated heterocycles. The van der Waals surface area contributed by atoms with Crippen molar-refractivity contribution in [1.29, 1.82) is 0 Å². The van der Waals surface area contributed by atoms with Crippen LogP contribution in [0.3, 0.4) is 0 Å². The monoisotopic (exact) mass is 207 g/mol. The molecule has 2 rings (SSSR count). The van der Waals surface area contributed by atoms with E-state index in [1.54, 1.807) is 0 Å². The minimum absolute atomic E-state index is 0.440. The molecule has 0 aliphatic heterocycles. The summed E-state index contributed by atoms with van der Waals surface area (Å²) in [6.45, 7) is 3.17. The van der Waals surface area contributed by atoms with Gasteiger partial charge in [0.25, 0.3) is 0 Å². The molecule has 1 saturated carbocycles. The fourth-order valence-corrected chi connectivity index (χ4v) is 2.11. The summed E-state index contributed by atoms with van der Waals surface area (Å²) in [6.07, 6.45) is 10.0. The third-order valence-corrected chi connectivity index (χ3v) is 3.31. The van der Waals surface area contributed by atoms with E-state index in [9.17, 15) is 0 Å². The lowest BCUT2D eigenvalue weighted by Crippen LogP contribution is -2.22. The largest absolute Gasteiger partial charge is 0.335 e. The Morgan fingerprint density at radius 3 is 3.07 bits per heavy atom. The van der Waals surface area contributed by atoms with Gasteiger partial charge in [-0.1, -0.05) is 0 Å². The summed E-state index contributed by atoms with van der Waals surface area (Å²) in [5.74, 6) is 2.04. The number of imidazole rings is 1. The van der Waals surface area contributed by atoms with Crippen molar-refractivity contribution in [1.82, 2.24) is 9.55 Å². The first kappa shape index (κ1) is 10.7. The Hall–Kier alpha value is -0.830. The van der Waals surface area contributed by atoms with Crippen LogP contribution in [0.15, 0.2) is 12.4 Å². The molecule has 1 aliphatic rings. The molecular formula is C12H21N3. The van der Waals surface area contributed by atoms with Crippen molar-refractivity contribution in [2.24, 2.45) is 11.7 Å². The zero-order valence-corrected chi connectivity index (χ0v) is 9.52. The average molecular weight is 207 g/mol. The zero-order chi connectivity index (χ0) is 10.7. The first-order valence-electron chi connectivity index (χ1n) is 6.07. The van der Waals surface area contributed by atoms with Crippen LogP contribution in [0, 0.1) is 5.92 Å². The maximum absolute atomic E-state index is 6.06. The van der Waals surface area contributed by atoms with Crippen LogP contribution in [0.2, 0.25) is 0 Å². The molecule has 2 N–H and O–H groups in total. The molecule has 0 amide bonds. The Balaban J connectivity index is 1.72. The number of hydrogen-bond acceptors (Lipinski definition) is 2. The zero-order valence-electron chi connectivity index (χ0n) is 9.52. The van der Waals surface area contributed by atoms with E-state index in [0.717, 1.165) is 25.3 Å². The summed E-state index contributed by atoms with van der Waals surface area (Å²) in [4.78, 5) is 4.37. The van der Waals surface area contributed by atoms with Gasteiger partial charge in [-0.05, 0) is 38.5 Å². The number of rotatable bonds is 6. The van der Waals surface area contributed by atoms with Crippen molar-refractivity contribution in [2.75, 3.05) is 0 Å². The first-order valence-corrected chi connectivity index (χ1v) is 6.07. The predicted molar refractivity (Wildman–Crippen MR) is 61.5 cm³/mol. The molecule has 1 aromatic rings. The summed E-state index contributed by atoms with van der Waals surface area (Å²) in [5.41, 5.74) is 6.06. The molecule has 0 radical (unpaired) electrons. The second-order valence-corrected chi connectivity index (χ2v) is 4.52. The number of nitrogens with zero attached hydrogens (tertiary/aromatic N) is 2. The van der Waals surface area contributed by atoms with Gasteiger partial charge in [0.2, 0.25) is 0 Å². The highest BCUT2D eigenvalue weighted by Gasteiger charge is 2.27. The van der Waals surface area contributed by atoms with Crippen LogP contribution in [0.5, 0.6) is 0 Å². The molecule has 1 unspecified atom stereocenters. The third-order valence-electron chi connectivity index (χ3n) is 3.31. The minimum atomic E-state index is 0.440. The van der Waals surface area contributed by atoms with Crippen molar-refractivity contribution in [3.05, 3.63) is 18.2 Å². The smallest absolute Gasteiger partial charge is 0.108 e. The highest BCUT2D eigenvalue weighted by Crippen LogP contribution is 2.33. The molecule has 1 aromatic heterocycles. The van der Waals surface area contributed by atoms with E-state index in [2.05, 4.69) is 22.7 Å². The van der Waals surface area contributed by atoms with E-state index in [1.807, 2.05) is 6.20 Å². The van der Waals surface area contributed by atoms with Crippen LogP contribution >= 0.6 is 0 Å². The second-order valence-electron chi connectivity index (χ2n) is 4.52. The van der Waals surface area contributed by atoms with E-state index >= 15 is 0 Å². The Kier molecular flexibility index (Phi) is 3.41. The molecule has 0 spiro atoms. The Labute approximate surface area is 91.7 Å². The van der Waals surface area contributed by atoms with Gasteiger partial charge in [0, 0.05) is 31.4 Å². The van der Waals surface area contributed by atoms with Crippen molar-refractivity contribution in [3.63, 3.8) is 0 Å². The van der Waals surface area contributed by atoms with Gasteiger partial charge >= 0.3 is 0 Å². The van der Waals surface area contributed by atoms with E-state index in [4.69, 9.17) is 5.73 Å². The normalized spacial score (nSPS) is 18.0. The Morgan fingerprint density at radius 2 is 2.40 bits per heavy atom. The summed E-state index contributed by atoms with van der Waals surface area (Å²) in [7, 11) is 0. The molecule has 1 aliphatic carbocycles. The van der Waals surface area contributed by atoms with Crippen molar-refractivity contribution >= 4 is 0 Å². The SMILES string of the molecule is CCn1ccnc1CCCC(N)C1CC1. The molecule has 0 bridgehead atoms. The predicted octanol–water partition coefficient (Wildman–Crippen LogP) is 1.96. The molecule has 1 heterocycles. The van der Waals surface area contributed by atoms with Crippen molar-refractivity contribution < 1.29 is 0 Å². The molecule has 15 heavy (non-hydrogen) atoms. The fraction of sp³-hybridized carbons (Fsp3) is 0.750. The van der Waals surface area contributed by atoms with Gasteiger partial charge in [-0.25, -0.2) is 4.98 Å². The second kappa shape index (κ2) is 4.79. The van der Waals surface area contributed by atoms with E-state index in [-0.39, 0.29) is 0 Å². The first-order chi connectivity index (χ1) is 7.31. The molecule has 3 heteroatoms. The quantitative estimate of drug-likeness (QED) is 0.775. The highest BCUT2D eigenvalue weighted by atomic mass is 15.0. The van der Waals surface area contributed by atoms with Gasteiger partial charge in [0.05, 0.1) is 0 Å². The van der Waals surface area contributed by atoms with Gasteiger partial charge in [-0.2, -0.15) is 0 Å². The van der Waals surface area contributed by atoms with Crippen LogP contribution in [-0.4, -0.2) is 15.6 Å². The molecule has 0 aromatic carbocycles. The maximum Gasteiger partial charge on any atom is 0.108 e. The standard InChI is InChI=1S/C12H21N3/c1-2-15-9-8-14-12(15)5-3-4-11(13)10-6-7-10/h8-11H,2-7,13H2,1H3. The topological polar surface area (TPSA) is 43.8 Å². The number of hydrogen-bond donors (Lipinski definition) is 1. The molecule has 3 nitrogen and oxygen atoms in total. The van der Waals surface area contributed by atoms with Crippen LogP contribution in [-0.2, 0) is 13.0 Å². The van der Waals surface area contributed by atoms with Gasteiger partial charge in [-0.3, -0.25) is 0 Å². The third kappa shape index (κ3) is 2.81. The lowest BCUT2D eigenvalue weighted by atomic mass is 10.1. The molecular weight excluding hydrogens is 186 g/mol. The van der Waals surface area contributed by atoms with Gasteiger partial charge in [0.1, 0.15) is 5.82 Å². The van der Waals surface area contributed by atoms with E-state index in [0.29, 0.717) is 6.04 Å². The van der Waals surface area contributed by atoms with Crippen LogP contribution < -0.4 is 5.73 Å². The average Bonchev–Trinajstić information content (AvgIpc) is 2.99. The highest BCUT2D eigenvalue weighted by molar-refractivity contribution is 4.93. The van der Waals surface area contributed by atoms with Crippen molar-refractivity contribution in [3.8, 4) is 0 Å².